The van der Waals surface area contributed by atoms with Crippen LogP contribution in [0.15, 0.2) is 0 Å². The summed E-state index contributed by atoms with van der Waals surface area (Å²) in [4.78, 5) is 24.1. The zero-order chi connectivity index (χ0) is 13.1. The maximum Gasteiger partial charge on any atom is 0.410 e. The Kier molecular flexibility index (Phi) is 2.24. The number of likely N-dealkylation sites (tertiary alicyclic amines) is 1. The Morgan fingerprint density at radius 2 is 1.88 bits per heavy atom. The summed E-state index contributed by atoms with van der Waals surface area (Å²) in [6.45, 7) is 6.14. The maximum absolute atomic E-state index is 11.7. The molecule has 3 N–H and O–H groups in total. The first-order valence-electron chi connectivity index (χ1n) is 5.60. The smallest absolute Gasteiger partial charge is 0.410 e. The highest BCUT2D eigenvalue weighted by molar-refractivity contribution is 5.86. The van der Waals surface area contributed by atoms with Crippen LogP contribution in [0, 0.1) is 5.41 Å². The average molecular weight is 242 g/mol. The van der Waals surface area contributed by atoms with E-state index in [0.717, 1.165) is 0 Å². The topological polar surface area (TPSA) is 92.9 Å². The van der Waals surface area contributed by atoms with E-state index in [1.165, 1.54) is 4.90 Å². The van der Waals surface area contributed by atoms with E-state index in [1.807, 2.05) is 0 Å². The van der Waals surface area contributed by atoms with Crippen LogP contribution in [0.4, 0.5) is 4.79 Å². The van der Waals surface area contributed by atoms with Crippen molar-refractivity contribution in [1.82, 2.24) is 4.90 Å². The van der Waals surface area contributed by atoms with Crippen molar-refractivity contribution in [2.45, 2.75) is 38.3 Å². The Hall–Kier alpha value is -1.30. The molecule has 1 unspecified atom stereocenters. The van der Waals surface area contributed by atoms with E-state index in [0.29, 0.717) is 19.5 Å². The quantitative estimate of drug-likeness (QED) is 0.694. The molecule has 2 rings (SSSR count). The number of amides is 1. The molecule has 1 atom stereocenters. The standard InChI is InChI=1S/C11H18N2O4/c1-9(2,3)17-8(16)13-5-10(6-13)4-11(10,12)7(14)15/h4-6,12H2,1-3H3,(H,14,15). The minimum Gasteiger partial charge on any atom is -0.480 e. The Bertz CT molecular complexity index is 381. The highest BCUT2D eigenvalue weighted by Crippen LogP contribution is 2.60. The van der Waals surface area contributed by atoms with Crippen molar-refractivity contribution in [1.29, 1.82) is 0 Å². The lowest BCUT2D eigenvalue weighted by atomic mass is 9.91. The molecule has 0 aromatic carbocycles. The molecule has 1 heterocycles. The van der Waals surface area contributed by atoms with Gasteiger partial charge >= 0.3 is 12.1 Å². The number of carboxylic acid groups (broad SMARTS) is 1. The molecule has 17 heavy (non-hydrogen) atoms. The molecule has 1 spiro atoms. The molecule has 0 aromatic heterocycles. The van der Waals surface area contributed by atoms with Gasteiger partial charge in [-0.25, -0.2) is 4.79 Å². The van der Waals surface area contributed by atoms with Crippen LogP contribution in [0.1, 0.15) is 27.2 Å². The minimum atomic E-state index is -1.15. The van der Waals surface area contributed by atoms with E-state index in [2.05, 4.69) is 0 Å². The van der Waals surface area contributed by atoms with Crippen LogP contribution in [0.25, 0.3) is 0 Å². The van der Waals surface area contributed by atoms with Crippen LogP contribution in [-0.4, -0.2) is 46.3 Å². The third-order valence-corrected chi connectivity index (χ3v) is 3.46. The van der Waals surface area contributed by atoms with Gasteiger partial charge in [-0.1, -0.05) is 0 Å². The fraction of sp³-hybridized carbons (Fsp3) is 0.818. The Labute approximate surface area is 99.7 Å². The average Bonchev–Trinajstić information content (AvgIpc) is 2.68. The van der Waals surface area contributed by atoms with Gasteiger partial charge in [-0.2, -0.15) is 0 Å². The van der Waals surface area contributed by atoms with Gasteiger partial charge in [-0.05, 0) is 27.2 Å². The van der Waals surface area contributed by atoms with Crippen LogP contribution >= 0.6 is 0 Å². The predicted molar refractivity (Wildman–Crippen MR) is 59.4 cm³/mol. The molecule has 6 nitrogen and oxygen atoms in total. The van der Waals surface area contributed by atoms with Gasteiger partial charge in [-0.15, -0.1) is 0 Å². The number of rotatable bonds is 1. The summed E-state index contributed by atoms with van der Waals surface area (Å²) in [6, 6.07) is 0. The Morgan fingerprint density at radius 1 is 1.35 bits per heavy atom. The predicted octanol–water partition coefficient (Wildman–Crippen LogP) is 0.409. The van der Waals surface area contributed by atoms with Crippen molar-refractivity contribution in [3.05, 3.63) is 0 Å². The van der Waals surface area contributed by atoms with Crippen LogP contribution in [0.3, 0.4) is 0 Å². The van der Waals surface area contributed by atoms with Crippen molar-refractivity contribution in [2.75, 3.05) is 13.1 Å². The normalized spacial score (nSPS) is 29.8. The lowest BCUT2D eigenvalue weighted by molar-refractivity contribution is -0.142. The fourth-order valence-corrected chi connectivity index (χ4v) is 2.33. The number of hydrogen-bond donors (Lipinski definition) is 2. The van der Waals surface area contributed by atoms with Crippen LogP contribution in [0.5, 0.6) is 0 Å². The summed E-state index contributed by atoms with van der Waals surface area (Å²) < 4.78 is 5.19. The second-order valence-corrected chi connectivity index (χ2v) is 6.07. The van der Waals surface area contributed by atoms with Gasteiger partial charge in [0.15, 0.2) is 0 Å². The molecular formula is C11H18N2O4. The number of carboxylic acids is 1. The third-order valence-electron chi connectivity index (χ3n) is 3.46. The number of hydrogen-bond acceptors (Lipinski definition) is 4. The number of carbonyl (C=O) groups excluding carboxylic acids is 1. The van der Waals surface area contributed by atoms with Crippen molar-refractivity contribution >= 4 is 12.1 Å². The van der Waals surface area contributed by atoms with Gasteiger partial charge < -0.3 is 20.5 Å². The van der Waals surface area contributed by atoms with Gasteiger partial charge in [0.1, 0.15) is 11.1 Å². The van der Waals surface area contributed by atoms with E-state index < -0.39 is 28.6 Å². The molecule has 2 aliphatic rings. The van der Waals surface area contributed by atoms with Gasteiger partial charge in [0, 0.05) is 18.5 Å². The second-order valence-electron chi connectivity index (χ2n) is 6.07. The minimum absolute atomic E-state index is 0.380. The monoisotopic (exact) mass is 242 g/mol. The Morgan fingerprint density at radius 3 is 2.24 bits per heavy atom. The van der Waals surface area contributed by atoms with Crippen molar-refractivity contribution in [3.8, 4) is 0 Å². The molecule has 1 saturated heterocycles. The summed E-state index contributed by atoms with van der Waals surface area (Å²) in [5.74, 6) is -0.985. The van der Waals surface area contributed by atoms with E-state index >= 15 is 0 Å². The summed E-state index contributed by atoms with van der Waals surface area (Å²) in [5, 5.41) is 8.96. The SMILES string of the molecule is CC(C)(C)OC(=O)N1CC2(C1)CC2(N)C(=O)O. The largest absolute Gasteiger partial charge is 0.480 e. The van der Waals surface area contributed by atoms with Gasteiger partial charge in [0.25, 0.3) is 0 Å². The highest BCUT2D eigenvalue weighted by Gasteiger charge is 2.75. The summed E-state index contributed by atoms with van der Waals surface area (Å²) in [6.07, 6.45) is 0.0389. The Balaban J connectivity index is 1.89. The molecule has 1 aliphatic carbocycles. The maximum atomic E-state index is 11.7. The van der Waals surface area contributed by atoms with Crippen molar-refractivity contribution in [3.63, 3.8) is 0 Å². The number of nitrogens with two attached hydrogens (primary N) is 1. The van der Waals surface area contributed by atoms with E-state index in [1.54, 1.807) is 20.8 Å². The zero-order valence-corrected chi connectivity index (χ0v) is 10.3. The molecular weight excluding hydrogens is 224 g/mol. The number of ether oxygens (including phenoxy) is 1. The molecule has 0 radical (unpaired) electrons. The molecule has 6 heteroatoms. The van der Waals surface area contributed by atoms with Crippen molar-refractivity contribution in [2.24, 2.45) is 11.1 Å². The van der Waals surface area contributed by atoms with Crippen LogP contribution in [-0.2, 0) is 9.53 Å². The van der Waals surface area contributed by atoms with Crippen LogP contribution < -0.4 is 5.73 Å². The first-order chi connectivity index (χ1) is 7.60. The molecule has 1 aliphatic heterocycles. The van der Waals surface area contributed by atoms with Gasteiger partial charge in [0.2, 0.25) is 0 Å². The number of carbonyl (C=O) groups is 2. The lowest BCUT2D eigenvalue weighted by Gasteiger charge is -2.41. The number of nitrogens with zero attached hydrogens (tertiary/aromatic N) is 1. The molecule has 0 aromatic rings. The zero-order valence-electron chi connectivity index (χ0n) is 10.3. The highest BCUT2D eigenvalue weighted by atomic mass is 16.6. The summed E-state index contributed by atoms with van der Waals surface area (Å²) in [7, 11) is 0. The third kappa shape index (κ3) is 1.76. The molecule has 1 saturated carbocycles. The van der Waals surface area contributed by atoms with Crippen LogP contribution in [0.2, 0.25) is 0 Å². The lowest BCUT2D eigenvalue weighted by Crippen LogP contribution is -2.59. The van der Waals surface area contributed by atoms with E-state index in [9.17, 15) is 9.59 Å². The molecule has 1 amide bonds. The molecule has 2 fully saturated rings. The first-order valence-corrected chi connectivity index (χ1v) is 5.60. The van der Waals surface area contributed by atoms with E-state index in [4.69, 9.17) is 15.6 Å². The molecule has 0 bridgehead atoms. The second kappa shape index (κ2) is 3.13. The van der Waals surface area contributed by atoms with Gasteiger partial charge in [-0.3, -0.25) is 4.79 Å². The summed E-state index contributed by atoms with van der Waals surface area (Å²) in [5.41, 5.74) is 3.64. The fourth-order valence-electron chi connectivity index (χ4n) is 2.33. The van der Waals surface area contributed by atoms with Crippen molar-refractivity contribution < 1.29 is 19.4 Å². The van der Waals surface area contributed by atoms with Gasteiger partial charge in [0.05, 0.1) is 0 Å². The van der Waals surface area contributed by atoms with E-state index in [-0.39, 0.29) is 0 Å². The summed E-state index contributed by atoms with van der Waals surface area (Å²) >= 11 is 0. The number of aliphatic carboxylic acids is 1. The first kappa shape index (κ1) is 12.2. The molecule has 96 valence electrons.